The molecule has 2 aliphatic heterocycles. The molecule has 0 fully saturated rings. The quantitative estimate of drug-likeness (QED) is 0.395. The Labute approximate surface area is 162 Å². The topological polar surface area (TPSA) is 43.6 Å². The lowest BCUT2D eigenvalue weighted by atomic mass is 10.1. The summed E-state index contributed by atoms with van der Waals surface area (Å²) in [5.74, 6) is -0.322. The lowest BCUT2D eigenvalue weighted by Crippen LogP contribution is -2.10. The van der Waals surface area contributed by atoms with E-state index in [1.54, 1.807) is 12.1 Å². The molecule has 0 bridgehead atoms. The van der Waals surface area contributed by atoms with Gasteiger partial charge in [0.05, 0.1) is 22.3 Å². The van der Waals surface area contributed by atoms with Gasteiger partial charge >= 0.3 is 5.97 Å². The number of carbonyl (C=O) groups is 1. The molecule has 0 saturated heterocycles. The molecule has 4 heteroatoms. The van der Waals surface area contributed by atoms with Crippen LogP contribution in [0, 0.1) is 0 Å². The van der Waals surface area contributed by atoms with Gasteiger partial charge in [-0.05, 0) is 37.3 Å². The van der Waals surface area contributed by atoms with Crippen LogP contribution in [0.4, 0.5) is 0 Å². The molecule has 28 heavy (non-hydrogen) atoms. The first-order chi connectivity index (χ1) is 13.7. The van der Waals surface area contributed by atoms with Crippen LogP contribution in [0.1, 0.15) is 28.9 Å². The Bertz CT molecular complexity index is 1270. The second-order valence-corrected chi connectivity index (χ2v) is 6.88. The van der Waals surface area contributed by atoms with E-state index in [1.165, 1.54) is 0 Å². The zero-order valence-corrected chi connectivity index (χ0v) is 15.4. The van der Waals surface area contributed by atoms with E-state index in [9.17, 15) is 4.79 Å². The van der Waals surface area contributed by atoms with E-state index < -0.39 is 0 Å². The van der Waals surface area contributed by atoms with Crippen molar-refractivity contribution in [2.75, 3.05) is 0 Å². The predicted octanol–water partition coefficient (Wildman–Crippen LogP) is 5.51. The van der Waals surface area contributed by atoms with E-state index in [2.05, 4.69) is 12.1 Å². The van der Waals surface area contributed by atoms with Crippen molar-refractivity contribution < 1.29 is 9.53 Å². The SMILES string of the molecule is CC(OC(=O)c1ccccc1)c1ccc2c3nc4ccccc4c-3ccn2c1. The molecule has 3 heterocycles. The molecule has 3 aromatic rings. The Morgan fingerprint density at radius 1 is 0.964 bits per heavy atom. The molecule has 0 aliphatic carbocycles. The van der Waals surface area contributed by atoms with Gasteiger partial charge in [0.25, 0.3) is 0 Å². The standard InChI is InChI=1S/C24H18N2O2/c1-16(28-24(27)17-7-3-2-4-8-17)18-11-12-22-23-20(13-14-26(22)15-18)19-9-5-6-10-21(19)25-23/h2-16H,1H3. The van der Waals surface area contributed by atoms with Gasteiger partial charge in [0.1, 0.15) is 6.10 Å². The summed E-state index contributed by atoms with van der Waals surface area (Å²) in [5.41, 5.74) is 5.63. The second-order valence-electron chi connectivity index (χ2n) is 6.88. The molecule has 0 amide bonds. The third-order valence-electron chi connectivity index (χ3n) is 5.09. The zero-order valence-electron chi connectivity index (χ0n) is 15.4. The number of pyridine rings is 2. The molecule has 1 aromatic heterocycles. The summed E-state index contributed by atoms with van der Waals surface area (Å²) in [4.78, 5) is 17.1. The lowest BCUT2D eigenvalue weighted by Gasteiger charge is -2.15. The van der Waals surface area contributed by atoms with Gasteiger partial charge in [0.2, 0.25) is 0 Å². The summed E-state index contributed by atoms with van der Waals surface area (Å²) in [7, 11) is 0. The van der Waals surface area contributed by atoms with E-state index >= 15 is 0 Å². The van der Waals surface area contributed by atoms with Gasteiger partial charge in [-0.2, -0.15) is 0 Å². The number of rotatable bonds is 3. The first kappa shape index (κ1) is 16.5. The number of benzene rings is 2. The molecule has 0 saturated carbocycles. The second kappa shape index (κ2) is 6.50. The van der Waals surface area contributed by atoms with Crippen LogP contribution in [-0.2, 0) is 4.74 Å². The van der Waals surface area contributed by atoms with Crippen LogP contribution in [0.2, 0.25) is 0 Å². The van der Waals surface area contributed by atoms with Gasteiger partial charge in [-0.3, -0.25) is 0 Å². The van der Waals surface area contributed by atoms with Crippen molar-refractivity contribution in [3.63, 3.8) is 0 Å². The van der Waals surface area contributed by atoms with Crippen LogP contribution in [0.25, 0.3) is 27.7 Å². The summed E-state index contributed by atoms with van der Waals surface area (Å²) in [6, 6.07) is 23.3. The maximum atomic E-state index is 12.3. The Kier molecular flexibility index (Phi) is 3.83. The van der Waals surface area contributed by atoms with Crippen LogP contribution in [0.3, 0.4) is 0 Å². The van der Waals surface area contributed by atoms with Crippen molar-refractivity contribution in [3.8, 4) is 11.3 Å². The maximum Gasteiger partial charge on any atom is 0.338 e. The summed E-state index contributed by atoms with van der Waals surface area (Å²) in [6.45, 7) is 1.89. The van der Waals surface area contributed by atoms with Crippen molar-refractivity contribution in [1.82, 2.24) is 9.38 Å². The molecule has 4 nitrogen and oxygen atoms in total. The highest BCUT2D eigenvalue weighted by Gasteiger charge is 2.17. The normalized spacial score (nSPS) is 12.5. The number of ether oxygens (including phenoxy) is 1. The van der Waals surface area contributed by atoms with Crippen molar-refractivity contribution in [1.29, 1.82) is 0 Å². The molecule has 2 aromatic carbocycles. The minimum absolute atomic E-state index is 0.322. The van der Waals surface area contributed by atoms with Crippen molar-refractivity contribution in [2.24, 2.45) is 0 Å². The zero-order chi connectivity index (χ0) is 19.1. The number of aromatic nitrogens is 2. The Hall–Kier alpha value is -3.66. The van der Waals surface area contributed by atoms with E-state index in [-0.39, 0.29) is 12.1 Å². The average Bonchev–Trinajstić information content (AvgIpc) is 3.13. The number of hydrogen-bond donors (Lipinski definition) is 0. The number of nitrogens with zero attached hydrogens (tertiary/aromatic N) is 2. The maximum absolute atomic E-state index is 12.3. The Balaban J connectivity index is 1.51. The largest absolute Gasteiger partial charge is 0.454 e. The average molecular weight is 366 g/mol. The highest BCUT2D eigenvalue weighted by Crippen LogP contribution is 2.34. The summed E-state index contributed by atoms with van der Waals surface area (Å²) >= 11 is 0. The molecular weight excluding hydrogens is 348 g/mol. The van der Waals surface area contributed by atoms with Gasteiger partial charge in [0.15, 0.2) is 0 Å². The van der Waals surface area contributed by atoms with E-state index in [1.807, 2.05) is 72.2 Å². The smallest absolute Gasteiger partial charge is 0.338 e. The van der Waals surface area contributed by atoms with Gasteiger partial charge < -0.3 is 9.14 Å². The molecule has 1 unspecified atom stereocenters. The molecule has 5 rings (SSSR count). The highest BCUT2D eigenvalue weighted by atomic mass is 16.5. The van der Waals surface area contributed by atoms with Gasteiger partial charge in [0, 0.05) is 28.9 Å². The van der Waals surface area contributed by atoms with E-state index in [4.69, 9.17) is 9.72 Å². The Morgan fingerprint density at radius 2 is 1.75 bits per heavy atom. The molecule has 136 valence electrons. The molecule has 1 atom stereocenters. The fraction of sp³-hybridized carbons (Fsp3) is 0.0833. The van der Waals surface area contributed by atoms with Gasteiger partial charge in [-0.1, -0.05) is 42.5 Å². The van der Waals surface area contributed by atoms with Crippen molar-refractivity contribution in [3.05, 3.63) is 96.3 Å². The molecule has 0 spiro atoms. The van der Waals surface area contributed by atoms with Crippen molar-refractivity contribution in [2.45, 2.75) is 13.0 Å². The molecule has 0 N–H and O–H groups in total. The van der Waals surface area contributed by atoms with Gasteiger partial charge in [-0.15, -0.1) is 0 Å². The van der Waals surface area contributed by atoms with E-state index in [0.29, 0.717) is 5.56 Å². The summed E-state index contributed by atoms with van der Waals surface area (Å²) in [5, 5.41) is 1.16. The highest BCUT2D eigenvalue weighted by molar-refractivity contribution is 6.01. The van der Waals surface area contributed by atoms with Crippen LogP contribution < -0.4 is 0 Å². The molecule has 2 aliphatic rings. The Morgan fingerprint density at radius 3 is 2.61 bits per heavy atom. The third-order valence-corrected chi connectivity index (χ3v) is 5.09. The predicted molar refractivity (Wildman–Crippen MR) is 110 cm³/mol. The van der Waals surface area contributed by atoms with Crippen LogP contribution >= 0.6 is 0 Å². The summed E-state index contributed by atoms with van der Waals surface area (Å²) < 4.78 is 7.68. The number of hydrogen-bond acceptors (Lipinski definition) is 3. The van der Waals surface area contributed by atoms with Gasteiger partial charge in [-0.25, -0.2) is 9.78 Å². The summed E-state index contributed by atoms with van der Waals surface area (Å²) in [6.07, 6.45) is 3.67. The molecule has 0 radical (unpaired) electrons. The van der Waals surface area contributed by atoms with Crippen LogP contribution in [-0.4, -0.2) is 15.4 Å². The number of esters is 1. The first-order valence-electron chi connectivity index (χ1n) is 9.26. The third kappa shape index (κ3) is 2.70. The first-order valence-corrected chi connectivity index (χ1v) is 9.26. The fourth-order valence-corrected chi connectivity index (χ4v) is 3.60. The monoisotopic (exact) mass is 366 g/mol. The number of fused-ring (bicyclic) bond motifs is 5. The van der Waals surface area contributed by atoms with E-state index in [0.717, 1.165) is 33.2 Å². The number of carbonyl (C=O) groups excluding carboxylic acids is 1. The molecular formula is C24H18N2O2. The lowest BCUT2D eigenvalue weighted by molar-refractivity contribution is 0.0337. The van der Waals surface area contributed by atoms with Crippen LogP contribution in [0.5, 0.6) is 0 Å². The van der Waals surface area contributed by atoms with Crippen molar-refractivity contribution >= 4 is 22.4 Å². The minimum Gasteiger partial charge on any atom is -0.454 e. The number of para-hydroxylation sites is 1. The van der Waals surface area contributed by atoms with Crippen LogP contribution in [0.15, 0.2) is 85.2 Å². The fourth-order valence-electron chi connectivity index (χ4n) is 3.60. The minimum atomic E-state index is -0.355.